The molecule has 5 fully saturated rings. The molecule has 0 radical (unpaired) electrons. The van der Waals surface area contributed by atoms with Crippen LogP contribution in [0, 0.1) is 57.2 Å². The van der Waals surface area contributed by atoms with E-state index < -0.39 is 0 Å². The SMILES string of the molecule is C=CC.CC1C(OC(=O)CC(C)(C)CC=O)CCC2(C)C1CCC1(C)C3CCC4(C(=O)NCc5ncc(-c6ccccc6)[nH]5)CCCC4C3CCC21. The van der Waals surface area contributed by atoms with E-state index >= 15 is 0 Å². The van der Waals surface area contributed by atoms with Crippen LogP contribution < -0.4 is 5.32 Å². The summed E-state index contributed by atoms with van der Waals surface area (Å²) in [5.41, 5.74) is 2.03. The molecule has 7 nitrogen and oxygen atoms in total. The van der Waals surface area contributed by atoms with E-state index in [0.717, 1.165) is 61.9 Å². The van der Waals surface area contributed by atoms with Gasteiger partial charge in [-0.3, -0.25) is 9.59 Å². The third-order valence-corrected chi connectivity index (χ3v) is 15.2. The van der Waals surface area contributed by atoms with Crippen molar-refractivity contribution in [3.8, 4) is 11.3 Å². The number of hydrogen-bond donors (Lipinski definition) is 2. The first-order chi connectivity index (χ1) is 24.8. The first-order valence-electron chi connectivity index (χ1n) is 20.4. The summed E-state index contributed by atoms with van der Waals surface area (Å²) in [7, 11) is 0. The molecule has 2 N–H and O–H groups in total. The van der Waals surface area contributed by atoms with Gasteiger partial charge in [-0.2, -0.15) is 0 Å². The molecule has 10 unspecified atom stereocenters. The molecule has 52 heavy (non-hydrogen) atoms. The molecule has 7 heteroatoms. The minimum atomic E-state index is -0.361. The number of carbonyl (C=O) groups is 3. The van der Waals surface area contributed by atoms with Crippen LogP contribution in [0.3, 0.4) is 0 Å². The molecule has 2 aromatic rings. The van der Waals surface area contributed by atoms with Gasteiger partial charge in [0, 0.05) is 6.42 Å². The lowest BCUT2D eigenvalue weighted by molar-refractivity contribution is -0.202. The Morgan fingerprint density at radius 1 is 0.981 bits per heavy atom. The van der Waals surface area contributed by atoms with E-state index in [9.17, 15) is 14.4 Å². The number of fused-ring (bicyclic) bond motifs is 7. The zero-order valence-electron chi connectivity index (χ0n) is 32.8. The first kappa shape index (κ1) is 38.5. The van der Waals surface area contributed by atoms with Gasteiger partial charge in [0.15, 0.2) is 0 Å². The van der Waals surface area contributed by atoms with E-state index in [4.69, 9.17) is 4.74 Å². The Hall–Kier alpha value is -3.22. The molecule has 5 aliphatic carbocycles. The van der Waals surface area contributed by atoms with Crippen LogP contribution in [0.1, 0.15) is 131 Å². The lowest BCUT2D eigenvalue weighted by Crippen LogP contribution is -2.62. The quantitative estimate of drug-likeness (QED) is 0.153. The topological polar surface area (TPSA) is 101 Å². The summed E-state index contributed by atoms with van der Waals surface area (Å²) in [5, 5.41) is 3.36. The Morgan fingerprint density at radius 3 is 2.40 bits per heavy atom. The number of esters is 1. The zero-order chi connectivity index (χ0) is 37.3. The van der Waals surface area contributed by atoms with Gasteiger partial charge in [-0.05, 0) is 128 Å². The minimum Gasteiger partial charge on any atom is -0.462 e. The van der Waals surface area contributed by atoms with Gasteiger partial charge in [0.05, 0.1) is 30.3 Å². The summed E-state index contributed by atoms with van der Waals surface area (Å²) in [4.78, 5) is 46.3. The number of aldehydes is 1. The molecule has 0 saturated heterocycles. The fourth-order valence-corrected chi connectivity index (χ4v) is 12.8. The van der Waals surface area contributed by atoms with Crippen molar-refractivity contribution in [1.82, 2.24) is 15.3 Å². The molecule has 284 valence electrons. The highest BCUT2D eigenvalue weighted by atomic mass is 16.5. The summed E-state index contributed by atoms with van der Waals surface area (Å²) in [5.74, 6) is 4.26. The van der Waals surface area contributed by atoms with Crippen LogP contribution in [0.2, 0.25) is 0 Å². The fourth-order valence-electron chi connectivity index (χ4n) is 12.8. The molecule has 1 amide bonds. The van der Waals surface area contributed by atoms with Gasteiger partial charge in [0.2, 0.25) is 5.91 Å². The number of benzene rings is 1. The summed E-state index contributed by atoms with van der Waals surface area (Å²) in [6.45, 7) is 17.2. The maximum atomic E-state index is 14.2. The minimum absolute atomic E-state index is 0.0308. The second-order valence-electron chi connectivity index (χ2n) is 18.6. The number of ether oxygens (including phenoxy) is 1. The predicted octanol–water partition coefficient (Wildman–Crippen LogP) is 9.88. The molecule has 0 aliphatic heterocycles. The number of aromatic amines is 1. The lowest BCUT2D eigenvalue weighted by atomic mass is 9.37. The van der Waals surface area contributed by atoms with E-state index in [0.29, 0.717) is 60.3 Å². The van der Waals surface area contributed by atoms with Crippen molar-refractivity contribution in [2.75, 3.05) is 0 Å². The number of amides is 1. The van der Waals surface area contributed by atoms with Crippen molar-refractivity contribution in [1.29, 1.82) is 0 Å². The third kappa shape index (κ3) is 7.07. The van der Waals surface area contributed by atoms with Crippen molar-refractivity contribution in [2.24, 2.45) is 57.2 Å². The molecule has 1 heterocycles. The highest BCUT2D eigenvalue weighted by molar-refractivity contribution is 5.83. The van der Waals surface area contributed by atoms with E-state index in [2.05, 4.69) is 54.8 Å². The maximum Gasteiger partial charge on any atom is 0.306 e. The van der Waals surface area contributed by atoms with Crippen molar-refractivity contribution in [2.45, 2.75) is 138 Å². The molecule has 1 aromatic heterocycles. The van der Waals surface area contributed by atoms with E-state index in [-0.39, 0.29) is 34.2 Å². The van der Waals surface area contributed by atoms with Crippen LogP contribution in [0.15, 0.2) is 49.2 Å². The van der Waals surface area contributed by atoms with Crippen LogP contribution in [-0.4, -0.2) is 34.2 Å². The van der Waals surface area contributed by atoms with Crippen LogP contribution in [0.5, 0.6) is 0 Å². The number of nitrogens with one attached hydrogen (secondary N) is 2. The molecule has 0 bridgehead atoms. The fraction of sp³-hybridized carbons (Fsp3) is 0.689. The number of rotatable bonds is 9. The summed E-state index contributed by atoms with van der Waals surface area (Å²) in [6.07, 6.45) is 17.7. The van der Waals surface area contributed by atoms with E-state index in [1.165, 1.54) is 32.1 Å². The van der Waals surface area contributed by atoms with Gasteiger partial charge < -0.3 is 19.8 Å². The Bertz CT molecular complexity index is 1580. The van der Waals surface area contributed by atoms with Crippen molar-refractivity contribution >= 4 is 18.2 Å². The van der Waals surface area contributed by atoms with Gasteiger partial charge >= 0.3 is 5.97 Å². The molecule has 1 aromatic carbocycles. The number of hydrogen-bond acceptors (Lipinski definition) is 5. The smallest absolute Gasteiger partial charge is 0.306 e. The summed E-state index contributed by atoms with van der Waals surface area (Å²) in [6, 6.07) is 10.2. The lowest BCUT2D eigenvalue weighted by Gasteiger charge is -2.67. The molecular formula is C45H65N3O4. The molecular weight excluding hydrogens is 647 g/mol. The Balaban J connectivity index is 0.00000150. The monoisotopic (exact) mass is 711 g/mol. The summed E-state index contributed by atoms with van der Waals surface area (Å²) >= 11 is 0. The van der Waals surface area contributed by atoms with Gasteiger partial charge in [-0.1, -0.05) is 77.4 Å². The van der Waals surface area contributed by atoms with Gasteiger partial charge in [-0.15, -0.1) is 6.58 Å². The van der Waals surface area contributed by atoms with Crippen LogP contribution >= 0.6 is 0 Å². The molecule has 5 saturated carbocycles. The van der Waals surface area contributed by atoms with Crippen LogP contribution in [0.4, 0.5) is 0 Å². The Morgan fingerprint density at radius 2 is 1.67 bits per heavy atom. The first-order valence-corrected chi connectivity index (χ1v) is 20.4. The van der Waals surface area contributed by atoms with Crippen molar-refractivity contribution in [3.63, 3.8) is 0 Å². The predicted molar refractivity (Wildman–Crippen MR) is 207 cm³/mol. The van der Waals surface area contributed by atoms with Crippen molar-refractivity contribution in [3.05, 3.63) is 55.0 Å². The number of imidazole rings is 1. The van der Waals surface area contributed by atoms with E-state index in [1.54, 1.807) is 6.08 Å². The molecule has 5 aliphatic rings. The average molecular weight is 712 g/mol. The van der Waals surface area contributed by atoms with Crippen LogP contribution in [-0.2, 0) is 25.7 Å². The Labute approximate surface area is 312 Å². The highest BCUT2D eigenvalue weighted by Gasteiger charge is 2.66. The standard InChI is InChI=1S/C42H59N3O4.C3H6/c1-27-30-15-19-41(5)31-16-21-42(38(48)44-26-36-43-25-33(45-36)28-10-7-6-8-11-28)18-9-12-32(42)29(31)13-14-35(41)40(30,4)20-17-34(27)49-37(47)24-39(2,3)22-23-46;1-3-2/h6-8,10-11,23,25,27,29-32,34-35H,9,12-22,24,26H2,1-5H3,(H,43,45)(H,44,48);3H,1H2,2H3. The zero-order valence-corrected chi connectivity index (χ0v) is 32.8. The normalized spacial score (nSPS) is 36.4. The number of aromatic nitrogens is 2. The van der Waals surface area contributed by atoms with Gasteiger partial charge in [0.1, 0.15) is 18.2 Å². The molecule has 10 atom stereocenters. The number of nitrogens with zero attached hydrogens (tertiary/aromatic N) is 1. The second kappa shape index (κ2) is 15.3. The second-order valence-corrected chi connectivity index (χ2v) is 18.6. The van der Waals surface area contributed by atoms with E-state index in [1.807, 2.05) is 45.2 Å². The van der Waals surface area contributed by atoms with Gasteiger partial charge in [0.25, 0.3) is 0 Å². The molecule has 7 rings (SSSR count). The third-order valence-electron chi connectivity index (χ3n) is 15.2. The van der Waals surface area contributed by atoms with Crippen molar-refractivity contribution < 1.29 is 19.1 Å². The largest absolute Gasteiger partial charge is 0.462 e. The average Bonchev–Trinajstić information content (AvgIpc) is 3.77. The van der Waals surface area contributed by atoms with Gasteiger partial charge in [-0.25, -0.2) is 4.98 Å². The highest BCUT2D eigenvalue weighted by Crippen LogP contribution is 2.72. The number of H-pyrrole nitrogens is 1. The summed E-state index contributed by atoms with van der Waals surface area (Å²) < 4.78 is 6.18. The number of allylic oxidation sites excluding steroid dienone is 1. The maximum absolute atomic E-state index is 14.2. The Kier molecular flexibility index (Phi) is 11.3. The van der Waals surface area contributed by atoms with Crippen LogP contribution in [0.25, 0.3) is 11.3 Å². The molecule has 0 spiro atoms. The number of carbonyl (C=O) groups excluding carboxylic acids is 3.